The van der Waals surface area contributed by atoms with Gasteiger partial charge >= 0.3 is 6.03 Å². The third-order valence-electron chi connectivity index (χ3n) is 4.36. The standard InChI is InChI=1S/C19H22FN3O2/c1-13-9-21-8-7-16(13)10-22-19(24)23-11-14(2)25-18(12-23)15-3-5-17(20)6-4-15/h3-9,14,18H,10-12H2,1-2H3,(H,22,24). The molecule has 0 radical (unpaired) electrons. The second kappa shape index (κ2) is 7.61. The van der Waals surface area contributed by atoms with Crippen LogP contribution in [-0.4, -0.2) is 35.1 Å². The number of nitrogens with one attached hydrogen (secondary N) is 1. The van der Waals surface area contributed by atoms with Gasteiger partial charge in [-0.15, -0.1) is 0 Å². The molecule has 0 spiro atoms. The molecule has 1 aromatic heterocycles. The maximum atomic E-state index is 13.1. The number of aromatic nitrogens is 1. The van der Waals surface area contributed by atoms with Crippen LogP contribution in [0.15, 0.2) is 42.7 Å². The summed E-state index contributed by atoms with van der Waals surface area (Å²) in [4.78, 5) is 18.3. The van der Waals surface area contributed by atoms with Crippen molar-refractivity contribution in [2.24, 2.45) is 0 Å². The number of aryl methyl sites for hydroxylation is 1. The van der Waals surface area contributed by atoms with Crippen molar-refractivity contribution in [3.8, 4) is 0 Å². The highest BCUT2D eigenvalue weighted by Crippen LogP contribution is 2.25. The number of ether oxygens (including phenoxy) is 1. The van der Waals surface area contributed by atoms with Gasteiger partial charge in [0.25, 0.3) is 0 Å². The predicted molar refractivity (Wildman–Crippen MR) is 92.5 cm³/mol. The Morgan fingerprint density at radius 1 is 1.32 bits per heavy atom. The number of urea groups is 1. The van der Waals surface area contributed by atoms with Crippen LogP contribution in [0.3, 0.4) is 0 Å². The summed E-state index contributed by atoms with van der Waals surface area (Å²) >= 11 is 0. The summed E-state index contributed by atoms with van der Waals surface area (Å²) in [6, 6.07) is 8.00. The largest absolute Gasteiger partial charge is 0.367 e. The summed E-state index contributed by atoms with van der Waals surface area (Å²) in [5.41, 5.74) is 2.96. The summed E-state index contributed by atoms with van der Waals surface area (Å²) in [5.74, 6) is -0.282. The smallest absolute Gasteiger partial charge is 0.317 e. The number of halogens is 1. The molecule has 2 heterocycles. The Morgan fingerprint density at radius 3 is 2.80 bits per heavy atom. The number of pyridine rings is 1. The van der Waals surface area contributed by atoms with Crippen LogP contribution in [0.1, 0.15) is 29.7 Å². The SMILES string of the molecule is Cc1cnccc1CNC(=O)N1CC(C)OC(c2ccc(F)cc2)C1. The maximum absolute atomic E-state index is 13.1. The van der Waals surface area contributed by atoms with Crippen molar-refractivity contribution in [1.29, 1.82) is 0 Å². The van der Waals surface area contributed by atoms with Crippen LogP contribution < -0.4 is 5.32 Å². The molecule has 0 aliphatic carbocycles. The molecule has 2 aromatic rings. The zero-order valence-corrected chi connectivity index (χ0v) is 14.4. The Balaban J connectivity index is 1.63. The van der Waals surface area contributed by atoms with Gasteiger partial charge in [-0.05, 0) is 48.7 Å². The lowest BCUT2D eigenvalue weighted by Gasteiger charge is -2.37. The van der Waals surface area contributed by atoms with Gasteiger partial charge in [-0.1, -0.05) is 12.1 Å². The minimum Gasteiger partial charge on any atom is -0.367 e. The Morgan fingerprint density at radius 2 is 2.08 bits per heavy atom. The summed E-state index contributed by atoms with van der Waals surface area (Å²) in [7, 11) is 0. The van der Waals surface area contributed by atoms with Crippen molar-refractivity contribution in [2.75, 3.05) is 13.1 Å². The third-order valence-corrected chi connectivity index (χ3v) is 4.36. The number of morpholine rings is 1. The van der Waals surface area contributed by atoms with E-state index >= 15 is 0 Å². The molecule has 2 amide bonds. The van der Waals surface area contributed by atoms with Gasteiger partial charge in [-0.3, -0.25) is 4.98 Å². The lowest BCUT2D eigenvalue weighted by Crippen LogP contribution is -2.49. The van der Waals surface area contributed by atoms with Crippen LogP contribution in [-0.2, 0) is 11.3 Å². The number of benzene rings is 1. The summed E-state index contributed by atoms with van der Waals surface area (Å²) in [6.45, 7) is 5.33. The monoisotopic (exact) mass is 343 g/mol. The van der Waals surface area contributed by atoms with Crippen LogP contribution in [0.5, 0.6) is 0 Å². The van der Waals surface area contributed by atoms with Gasteiger partial charge in [0.2, 0.25) is 0 Å². The van der Waals surface area contributed by atoms with Crippen molar-refractivity contribution in [3.05, 3.63) is 65.2 Å². The molecule has 25 heavy (non-hydrogen) atoms. The number of nitrogens with zero attached hydrogens (tertiary/aromatic N) is 2. The molecular formula is C19H22FN3O2. The fraction of sp³-hybridized carbons (Fsp3) is 0.368. The van der Waals surface area contributed by atoms with Crippen LogP contribution in [0, 0.1) is 12.7 Å². The quantitative estimate of drug-likeness (QED) is 0.931. The van der Waals surface area contributed by atoms with E-state index in [1.807, 2.05) is 19.9 Å². The van der Waals surface area contributed by atoms with Crippen LogP contribution in [0.2, 0.25) is 0 Å². The normalized spacial score (nSPS) is 20.4. The zero-order chi connectivity index (χ0) is 17.8. The average molecular weight is 343 g/mol. The predicted octanol–water partition coefficient (Wildman–Crippen LogP) is 3.20. The lowest BCUT2D eigenvalue weighted by molar-refractivity contribution is -0.0657. The summed E-state index contributed by atoms with van der Waals surface area (Å²) < 4.78 is 19.0. The molecule has 1 N–H and O–H groups in total. The first-order valence-corrected chi connectivity index (χ1v) is 8.36. The van der Waals surface area contributed by atoms with Crippen molar-refractivity contribution in [3.63, 3.8) is 0 Å². The molecule has 5 nitrogen and oxygen atoms in total. The van der Waals surface area contributed by atoms with E-state index in [0.717, 1.165) is 16.7 Å². The first-order chi connectivity index (χ1) is 12.0. The molecule has 6 heteroatoms. The van der Waals surface area contributed by atoms with Gasteiger partial charge in [0.15, 0.2) is 0 Å². The Bertz CT molecular complexity index is 736. The van der Waals surface area contributed by atoms with Crippen LogP contribution in [0.25, 0.3) is 0 Å². The molecule has 1 aliphatic rings. The maximum Gasteiger partial charge on any atom is 0.317 e. The molecule has 132 valence electrons. The van der Waals surface area contributed by atoms with Gasteiger partial charge in [0, 0.05) is 25.5 Å². The second-order valence-electron chi connectivity index (χ2n) is 6.35. The highest BCUT2D eigenvalue weighted by molar-refractivity contribution is 5.74. The van der Waals surface area contributed by atoms with E-state index in [9.17, 15) is 9.18 Å². The Kier molecular flexibility index (Phi) is 5.28. The fourth-order valence-corrected chi connectivity index (χ4v) is 2.96. The molecule has 0 bridgehead atoms. The van der Waals surface area contributed by atoms with Gasteiger partial charge in [-0.2, -0.15) is 0 Å². The van der Waals surface area contributed by atoms with E-state index in [4.69, 9.17) is 4.74 Å². The summed E-state index contributed by atoms with van der Waals surface area (Å²) in [5, 5.41) is 2.95. The molecular weight excluding hydrogens is 321 g/mol. The van der Waals surface area contributed by atoms with Crippen molar-refractivity contribution in [1.82, 2.24) is 15.2 Å². The van der Waals surface area contributed by atoms with Crippen molar-refractivity contribution < 1.29 is 13.9 Å². The number of rotatable bonds is 3. The average Bonchev–Trinajstić information content (AvgIpc) is 2.61. The molecule has 0 saturated carbocycles. The van der Waals surface area contributed by atoms with Crippen molar-refractivity contribution in [2.45, 2.75) is 32.6 Å². The molecule has 3 rings (SSSR count). The van der Waals surface area contributed by atoms with Gasteiger partial charge in [-0.25, -0.2) is 9.18 Å². The zero-order valence-electron chi connectivity index (χ0n) is 14.4. The van der Waals surface area contributed by atoms with E-state index in [-0.39, 0.29) is 24.1 Å². The van der Waals surface area contributed by atoms with E-state index in [0.29, 0.717) is 19.6 Å². The van der Waals surface area contributed by atoms with E-state index in [2.05, 4.69) is 10.3 Å². The van der Waals surface area contributed by atoms with E-state index < -0.39 is 0 Å². The third kappa shape index (κ3) is 4.33. The lowest BCUT2D eigenvalue weighted by atomic mass is 10.1. The van der Waals surface area contributed by atoms with Crippen molar-refractivity contribution >= 4 is 6.03 Å². The highest BCUT2D eigenvalue weighted by atomic mass is 19.1. The Hall–Kier alpha value is -2.47. The number of carbonyl (C=O) groups is 1. The number of amides is 2. The number of carbonyl (C=O) groups excluding carboxylic acids is 1. The number of hydrogen-bond donors (Lipinski definition) is 1. The van der Waals surface area contributed by atoms with Gasteiger partial charge in [0.05, 0.1) is 12.6 Å². The molecule has 1 aromatic carbocycles. The topological polar surface area (TPSA) is 54.5 Å². The molecule has 1 aliphatic heterocycles. The van der Waals surface area contributed by atoms with E-state index in [1.54, 1.807) is 29.4 Å². The van der Waals surface area contributed by atoms with Gasteiger partial charge < -0.3 is 15.0 Å². The first-order valence-electron chi connectivity index (χ1n) is 8.36. The van der Waals surface area contributed by atoms with E-state index in [1.165, 1.54) is 12.1 Å². The van der Waals surface area contributed by atoms with Gasteiger partial charge in [0.1, 0.15) is 11.9 Å². The molecule has 2 atom stereocenters. The number of hydrogen-bond acceptors (Lipinski definition) is 3. The Labute approximate surface area is 146 Å². The highest BCUT2D eigenvalue weighted by Gasteiger charge is 2.29. The fourth-order valence-electron chi connectivity index (χ4n) is 2.96. The first kappa shape index (κ1) is 17.4. The molecule has 1 saturated heterocycles. The van der Waals surface area contributed by atoms with Crippen LogP contribution >= 0.6 is 0 Å². The second-order valence-corrected chi connectivity index (χ2v) is 6.35. The molecule has 1 fully saturated rings. The minimum absolute atomic E-state index is 0.0859. The van der Waals surface area contributed by atoms with Crippen LogP contribution in [0.4, 0.5) is 9.18 Å². The minimum atomic E-state index is -0.282. The summed E-state index contributed by atoms with van der Waals surface area (Å²) in [6.07, 6.45) is 3.16. The molecule has 2 unspecified atom stereocenters.